The standard InChI is InChI=1S/C28H34N2O3S/c1-20(2)29(17-26(31)22-7-5-4-6-8-22)18-28(32)30-15-13-27-24(14-16-34-27)25(30)19-33-23-11-9-21(3)10-12-23/h4-12,14,16,20,25-26,31H,13,15,17-19H2,1-3H3/t25-,26+/m0/s1. The van der Waals surface area contributed by atoms with Crippen LogP contribution in [0.5, 0.6) is 5.75 Å². The number of fused-ring (bicyclic) bond motifs is 1. The van der Waals surface area contributed by atoms with Crippen LogP contribution < -0.4 is 4.74 Å². The molecule has 3 aromatic rings. The van der Waals surface area contributed by atoms with Gasteiger partial charge in [-0.15, -0.1) is 11.3 Å². The van der Waals surface area contributed by atoms with E-state index in [2.05, 4.69) is 37.1 Å². The summed E-state index contributed by atoms with van der Waals surface area (Å²) in [5.74, 6) is 0.887. The van der Waals surface area contributed by atoms with Crippen LogP contribution in [-0.2, 0) is 11.2 Å². The summed E-state index contributed by atoms with van der Waals surface area (Å²) in [5, 5.41) is 12.9. The molecule has 0 saturated heterocycles. The van der Waals surface area contributed by atoms with Gasteiger partial charge in [-0.05, 0) is 61.9 Å². The topological polar surface area (TPSA) is 53.0 Å². The van der Waals surface area contributed by atoms with Crippen LogP contribution in [0.25, 0.3) is 0 Å². The number of amides is 1. The largest absolute Gasteiger partial charge is 0.491 e. The number of aryl methyl sites for hydroxylation is 1. The van der Waals surface area contributed by atoms with E-state index < -0.39 is 6.10 Å². The lowest BCUT2D eigenvalue weighted by molar-refractivity contribution is -0.137. The molecule has 180 valence electrons. The zero-order valence-electron chi connectivity index (χ0n) is 20.2. The average Bonchev–Trinajstić information content (AvgIpc) is 3.32. The average molecular weight is 479 g/mol. The molecule has 34 heavy (non-hydrogen) atoms. The lowest BCUT2D eigenvalue weighted by atomic mass is 10.00. The Morgan fingerprint density at radius 1 is 1.15 bits per heavy atom. The van der Waals surface area contributed by atoms with Crippen LogP contribution in [0.15, 0.2) is 66.0 Å². The van der Waals surface area contributed by atoms with E-state index in [0.29, 0.717) is 19.7 Å². The van der Waals surface area contributed by atoms with Crippen molar-refractivity contribution < 1.29 is 14.6 Å². The maximum Gasteiger partial charge on any atom is 0.237 e. The third kappa shape index (κ3) is 5.87. The number of hydrogen-bond acceptors (Lipinski definition) is 5. The molecule has 2 aromatic carbocycles. The number of rotatable bonds is 9. The molecule has 6 heteroatoms. The number of aliphatic hydroxyl groups is 1. The summed E-state index contributed by atoms with van der Waals surface area (Å²) in [4.78, 5) is 18.9. The number of hydrogen-bond donors (Lipinski definition) is 1. The molecule has 1 amide bonds. The number of aliphatic hydroxyl groups excluding tert-OH is 1. The van der Waals surface area contributed by atoms with E-state index in [9.17, 15) is 9.90 Å². The van der Waals surface area contributed by atoms with Crippen LogP contribution >= 0.6 is 11.3 Å². The molecule has 0 spiro atoms. The van der Waals surface area contributed by atoms with E-state index in [1.54, 1.807) is 11.3 Å². The number of nitrogens with zero attached hydrogens (tertiary/aromatic N) is 2. The fourth-order valence-electron chi connectivity index (χ4n) is 4.41. The van der Waals surface area contributed by atoms with Crippen LogP contribution in [0.2, 0.25) is 0 Å². The van der Waals surface area contributed by atoms with Gasteiger partial charge in [-0.3, -0.25) is 9.69 Å². The molecule has 0 radical (unpaired) electrons. The molecule has 0 bridgehead atoms. The predicted molar refractivity (Wildman–Crippen MR) is 137 cm³/mol. The maximum absolute atomic E-state index is 13.6. The van der Waals surface area contributed by atoms with Crippen molar-refractivity contribution in [1.29, 1.82) is 0 Å². The van der Waals surface area contributed by atoms with Gasteiger partial charge in [-0.1, -0.05) is 48.0 Å². The second-order valence-electron chi connectivity index (χ2n) is 9.23. The van der Waals surface area contributed by atoms with Gasteiger partial charge in [-0.25, -0.2) is 0 Å². The number of carbonyl (C=O) groups is 1. The lowest BCUT2D eigenvalue weighted by Crippen LogP contribution is -2.48. The molecular weight excluding hydrogens is 444 g/mol. The van der Waals surface area contributed by atoms with E-state index in [0.717, 1.165) is 17.7 Å². The molecule has 1 N–H and O–H groups in total. The second-order valence-corrected chi connectivity index (χ2v) is 10.2. The third-order valence-corrected chi connectivity index (χ3v) is 7.50. The van der Waals surface area contributed by atoms with Gasteiger partial charge in [0.15, 0.2) is 0 Å². The third-order valence-electron chi connectivity index (χ3n) is 6.50. The van der Waals surface area contributed by atoms with Gasteiger partial charge in [0.05, 0.1) is 18.7 Å². The Bertz CT molecular complexity index is 1060. The van der Waals surface area contributed by atoms with Crippen LogP contribution in [0.4, 0.5) is 0 Å². The summed E-state index contributed by atoms with van der Waals surface area (Å²) >= 11 is 1.75. The number of ether oxygens (including phenoxy) is 1. The lowest BCUT2D eigenvalue weighted by Gasteiger charge is -2.38. The SMILES string of the molecule is Cc1ccc(OC[C@H]2c3ccsc3CCN2C(=O)CN(C[C@@H](O)c2ccccc2)C(C)C)cc1. The number of benzene rings is 2. The second kappa shape index (κ2) is 11.2. The Kier molecular flexibility index (Phi) is 8.03. The zero-order valence-corrected chi connectivity index (χ0v) is 21.0. The highest BCUT2D eigenvalue weighted by Gasteiger charge is 2.33. The van der Waals surface area contributed by atoms with Crippen LogP contribution in [-0.4, -0.2) is 53.1 Å². The summed E-state index contributed by atoms with van der Waals surface area (Å²) in [6.45, 7) is 7.97. The first-order valence-electron chi connectivity index (χ1n) is 11.9. The Balaban J connectivity index is 1.47. The predicted octanol–water partition coefficient (Wildman–Crippen LogP) is 5.01. The highest BCUT2D eigenvalue weighted by Crippen LogP contribution is 2.34. The van der Waals surface area contributed by atoms with Crippen LogP contribution in [0, 0.1) is 6.92 Å². The first-order valence-corrected chi connectivity index (χ1v) is 12.8. The monoisotopic (exact) mass is 478 g/mol. The highest BCUT2D eigenvalue weighted by molar-refractivity contribution is 7.10. The molecule has 1 aliphatic heterocycles. The first kappa shape index (κ1) is 24.5. The minimum Gasteiger partial charge on any atom is -0.491 e. The van der Waals surface area contributed by atoms with Crippen LogP contribution in [0.3, 0.4) is 0 Å². The summed E-state index contributed by atoms with van der Waals surface area (Å²) in [6.07, 6.45) is 0.232. The summed E-state index contributed by atoms with van der Waals surface area (Å²) in [7, 11) is 0. The molecule has 4 rings (SSSR count). The van der Waals surface area contributed by atoms with E-state index in [-0.39, 0.29) is 24.5 Å². The van der Waals surface area contributed by atoms with Crippen molar-refractivity contribution in [3.63, 3.8) is 0 Å². The van der Waals surface area contributed by atoms with Gasteiger partial charge < -0.3 is 14.7 Å². The first-order chi connectivity index (χ1) is 16.4. The molecule has 1 aromatic heterocycles. The van der Waals surface area contributed by atoms with Crippen molar-refractivity contribution in [3.05, 3.63) is 87.6 Å². The number of carbonyl (C=O) groups excluding carboxylic acids is 1. The number of thiophene rings is 1. The highest BCUT2D eigenvalue weighted by atomic mass is 32.1. The van der Waals surface area contributed by atoms with Crippen LogP contribution in [0.1, 0.15) is 47.6 Å². The minimum absolute atomic E-state index is 0.0725. The van der Waals surface area contributed by atoms with Gasteiger partial charge >= 0.3 is 0 Å². The van der Waals surface area contributed by atoms with E-state index in [4.69, 9.17) is 4.74 Å². The molecule has 1 aliphatic rings. The van der Waals surface area contributed by atoms with Crippen molar-refractivity contribution in [2.24, 2.45) is 0 Å². The molecule has 0 saturated carbocycles. The van der Waals surface area contributed by atoms with Crippen molar-refractivity contribution >= 4 is 17.2 Å². The Labute approximate surface area is 206 Å². The summed E-state index contributed by atoms with van der Waals surface area (Å²) in [5.41, 5.74) is 3.25. The molecule has 5 nitrogen and oxygen atoms in total. The van der Waals surface area contributed by atoms with E-state index >= 15 is 0 Å². The Morgan fingerprint density at radius 3 is 2.59 bits per heavy atom. The zero-order chi connectivity index (χ0) is 24.1. The van der Waals surface area contributed by atoms with Gasteiger partial charge in [-0.2, -0.15) is 0 Å². The van der Waals surface area contributed by atoms with Gasteiger partial charge in [0.1, 0.15) is 12.4 Å². The molecule has 2 heterocycles. The smallest absolute Gasteiger partial charge is 0.237 e. The minimum atomic E-state index is -0.637. The fourth-order valence-corrected chi connectivity index (χ4v) is 5.34. The van der Waals surface area contributed by atoms with Crippen molar-refractivity contribution in [2.45, 2.75) is 45.4 Å². The van der Waals surface area contributed by atoms with Gasteiger partial charge in [0.25, 0.3) is 0 Å². The van der Waals surface area contributed by atoms with Crippen molar-refractivity contribution in [1.82, 2.24) is 9.80 Å². The molecule has 0 aliphatic carbocycles. The Hall–Kier alpha value is -2.67. The van der Waals surface area contributed by atoms with Gasteiger partial charge in [0.2, 0.25) is 5.91 Å². The summed E-state index contributed by atoms with van der Waals surface area (Å²) in [6, 6.07) is 19.8. The normalized spacial score (nSPS) is 16.5. The quantitative estimate of drug-likeness (QED) is 0.470. The van der Waals surface area contributed by atoms with Crippen molar-refractivity contribution in [2.75, 3.05) is 26.2 Å². The fraction of sp³-hybridized carbons (Fsp3) is 0.393. The Morgan fingerprint density at radius 2 is 1.88 bits per heavy atom. The maximum atomic E-state index is 13.6. The summed E-state index contributed by atoms with van der Waals surface area (Å²) < 4.78 is 6.14. The molecule has 0 fully saturated rings. The molecule has 2 atom stereocenters. The van der Waals surface area contributed by atoms with Crippen molar-refractivity contribution in [3.8, 4) is 5.75 Å². The van der Waals surface area contributed by atoms with E-state index in [1.807, 2.05) is 59.5 Å². The molecular formula is C28H34N2O3S. The molecule has 0 unspecified atom stereocenters. The van der Waals surface area contributed by atoms with Gasteiger partial charge in [0, 0.05) is 24.0 Å². The van der Waals surface area contributed by atoms with E-state index in [1.165, 1.54) is 16.0 Å².